The van der Waals surface area contributed by atoms with Gasteiger partial charge in [-0.2, -0.15) is 0 Å². The minimum Gasteiger partial charge on any atom is -0.396 e. The molecule has 0 radical (unpaired) electrons. The van der Waals surface area contributed by atoms with Gasteiger partial charge in [-0.3, -0.25) is 0 Å². The van der Waals surface area contributed by atoms with E-state index in [-0.39, 0.29) is 11.6 Å². The second kappa shape index (κ2) is 4.68. The van der Waals surface area contributed by atoms with Crippen LogP contribution in [0, 0.1) is 0 Å². The molecule has 1 nitrogen and oxygen atoms in total. The maximum Gasteiger partial charge on any atom is 0.226 e. The molecule has 0 fully saturated rings. The van der Waals surface area contributed by atoms with E-state index in [9.17, 15) is 0 Å². The lowest BCUT2D eigenvalue weighted by Crippen LogP contribution is -2.01. The van der Waals surface area contributed by atoms with Gasteiger partial charge in [0, 0.05) is 6.61 Å². The third-order valence-electron chi connectivity index (χ3n) is 0.723. The average Bonchev–Trinajstić information content (AvgIpc) is 1.80. The van der Waals surface area contributed by atoms with Crippen molar-refractivity contribution in [3.63, 3.8) is 0 Å². The molecule has 0 bridgehead atoms. The molecule has 0 rings (SSSR count). The Morgan fingerprint density at radius 2 is 1.90 bits per heavy atom. The molecule has 0 atom stereocenters. The summed E-state index contributed by atoms with van der Waals surface area (Å²) in [6, 6.07) is 0. The first-order valence-corrected chi connectivity index (χ1v) is 4.03. The van der Waals surface area contributed by atoms with Gasteiger partial charge < -0.3 is 5.11 Å². The first-order chi connectivity index (χ1) is 4.48. The van der Waals surface area contributed by atoms with Crippen LogP contribution in [0.4, 0.5) is 0 Å². The van der Waals surface area contributed by atoms with Gasteiger partial charge in [0.2, 0.25) is 3.79 Å². The Labute approximate surface area is 79.5 Å². The van der Waals surface area contributed by atoms with Gasteiger partial charge in [-0.1, -0.05) is 52.5 Å². The van der Waals surface area contributed by atoms with Crippen LogP contribution in [0.25, 0.3) is 0 Å². The molecule has 5 heteroatoms. The molecular formula is C5H6Cl4O. The number of allylic oxidation sites excluding steroid dienone is 1. The largest absolute Gasteiger partial charge is 0.396 e. The summed E-state index contributed by atoms with van der Waals surface area (Å²) in [6.45, 7) is -0.00301. The zero-order chi connectivity index (χ0) is 8.20. The molecule has 0 aromatic heterocycles. The van der Waals surface area contributed by atoms with Crippen molar-refractivity contribution in [2.75, 3.05) is 6.61 Å². The summed E-state index contributed by atoms with van der Waals surface area (Å²) >= 11 is 21.6. The van der Waals surface area contributed by atoms with Crippen LogP contribution >= 0.6 is 46.4 Å². The Bertz CT molecular complexity index is 126. The lowest BCUT2D eigenvalue weighted by molar-refractivity contribution is 0.302. The fourth-order valence-corrected chi connectivity index (χ4v) is 0.648. The molecule has 0 spiro atoms. The van der Waals surface area contributed by atoms with Crippen LogP contribution in [0.15, 0.2) is 11.1 Å². The number of aliphatic hydroxyl groups is 1. The van der Waals surface area contributed by atoms with Crippen molar-refractivity contribution in [2.45, 2.75) is 10.2 Å². The predicted octanol–water partition coefficient (Wildman–Crippen LogP) is 2.86. The van der Waals surface area contributed by atoms with Crippen molar-refractivity contribution < 1.29 is 5.11 Å². The molecule has 0 aliphatic carbocycles. The zero-order valence-corrected chi connectivity index (χ0v) is 7.97. The number of alkyl halides is 3. The smallest absolute Gasteiger partial charge is 0.226 e. The second-order valence-corrected chi connectivity index (χ2v) is 4.25. The van der Waals surface area contributed by atoms with Gasteiger partial charge in [0.25, 0.3) is 0 Å². The lowest BCUT2D eigenvalue weighted by atomic mass is 10.4. The molecule has 10 heavy (non-hydrogen) atoms. The number of halogens is 4. The summed E-state index contributed by atoms with van der Waals surface area (Å²) in [5.74, 6) is 0. The van der Waals surface area contributed by atoms with Gasteiger partial charge >= 0.3 is 0 Å². The molecule has 0 unspecified atom stereocenters. The fourth-order valence-electron chi connectivity index (χ4n) is 0.307. The van der Waals surface area contributed by atoms with E-state index in [1.54, 1.807) is 0 Å². The van der Waals surface area contributed by atoms with Crippen LogP contribution in [0.1, 0.15) is 6.42 Å². The summed E-state index contributed by atoms with van der Waals surface area (Å²) in [7, 11) is 0. The highest BCUT2D eigenvalue weighted by atomic mass is 35.6. The molecule has 0 saturated heterocycles. The maximum atomic E-state index is 8.35. The molecular weight excluding hydrogens is 218 g/mol. The predicted molar refractivity (Wildman–Crippen MR) is 45.9 cm³/mol. The maximum absolute atomic E-state index is 8.35. The molecule has 0 aromatic rings. The Morgan fingerprint density at radius 3 is 2.20 bits per heavy atom. The van der Waals surface area contributed by atoms with Crippen LogP contribution in [-0.4, -0.2) is 15.5 Å². The van der Waals surface area contributed by atoms with Gasteiger partial charge in [-0.25, -0.2) is 0 Å². The third-order valence-corrected chi connectivity index (χ3v) is 2.06. The van der Waals surface area contributed by atoms with E-state index in [2.05, 4.69) is 0 Å². The molecule has 1 N–H and O–H groups in total. The second-order valence-electron chi connectivity index (χ2n) is 1.56. The molecule has 0 saturated carbocycles. The summed E-state index contributed by atoms with van der Waals surface area (Å²) in [5.41, 5.74) is 0. The van der Waals surface area contributed by atoms with Crippen LogP contribution < -0.4 is 0 Å². The average molecular weight is 224 g/mol. The van der Waals surface area contributed by atoms with Crippen molar-refractivity contribution in [1.29, 1.82) is 0 Å². The van der Waals surface area contributed by atoms with E-state index < -0.39 is 3.79 Å². The van der Waals surface area contributed by atoms with Crippen LogP contribution in [0.5, 0.6) is 0 Å². The highest BCUT2D eigenvalue weighted by molar-refractivity contribution is 6.72. The van der Waals surface area contributed by atoms with Crippen molar-refractivity contribution in [2.24, 2.45) is 0 Å². The first kappa shape index (κ1) is 10.9. The van der Waals surface area contributed by atoms with Gasteiger partial charge in [-0.15, -0.1) is 0 Å². The van der Waals surface area contributed by atoms with E-state index in [1.807, 2.05) is 0 Å². The molecule has 0 heterocycles. The number of hydrogen-bond acceptors (Lipinski definition) is 1. The van der Waals surface area contributed by atoms with E-state index in [0.717, 1.165) is 0 Å². The van der Waals surface area contributed by atoms with Crippen molar-refractivity contribution in [3.8, 4) is 0 Å². The molecule has 0 aliphatic rings. The lowest BCUT2D eigenvalue weighted by Gasteiger charge is -2.07. The van der Waals surface area contributed by atoms with E-state index in [1.165, 1.54) is 6.08 Å². The topological polar surface area (TPSA) is 20.2 Å². The summed E-state index contributed by atoms with van der Waals surface area (Å²) in [5, 5.41) is 8.47. The number of hydrogen-bond donors (Lipinski definition) is 1. The molecule has 0 aliphatic heterocycles. The SMILES string of the molecule is OCCC=C(Cl)C(Cl)(Cl)Cl. The summed E-state index contributed by atoms with van der Waals surface area (Å²) < 4.78 is -1.56. The van der Waals surface area contributed by atoms with Gasteiger partial charge in [0.15, 0.2) is 0 Å². The minimum atomic E-state index is -1.56. The van der Waals surface area contributed by atoms with E-state index in [4.69, 9.17) is 51.5 Å². The van der Waals surface area contributed by atoms with E-state index in [0.29, 0.717) is 6.42 Å². The zero-order valence-electron chi connectivity index (χ0n) is 4.95. The molecule has 0 amide bonds. The number of rotatable bonds is 2. The Morgan fingerprint density at radius 1 is 1.40 bits per heavy atom. The van der Waals surface area contributed by atoms with Crippen molar-refractivity contribution >= 4 is 46.4 Å². The standard InChI is InChI=1S/C5H6Cl4O/c6-4(2-1-3-10)5(7,8)9/h2,10H,1,3H2. The monoisotopic (exact) mass is 222 g/mol. The fraction of sp³-hybridized carbons (Fsp3) is 0.600. The first-order valence-electron chi connectivity index (χ1n) is 2.52. The summed E-state index contributed by atoms with van der Waals surface area (Å²) in [6.07, 6.45) is 1.86. The van der Waals surface area contributed by atoms with Crippen LogP contribution in [-0.2, 0) is 0 Å². The third kappa shape index (κ3) is 4.64. The van der Waals surface area contributed by atoms with E-state index >= 15 is 0 Å². The van der Waals surface area contributed by atoms with Gasteiger partial charge in [-0.05, 0) is 6.42 Å². The quantitative estimate of drug-likeness (QED) is 0.714. The van der Waals surface area contributed by atoms with Crippen LogP contribution in [0.3, 0.4) is 0 Å². The van der Waals surface area contributed by atoms with Gasteiger partial charge in [0.05, 0.1) is 5.03 Å². The summed E-state index contributed by atoms with van der Waals surface area (Å²) in [4.78, 5) is 0. The highest BCUT2D eigenvalue weighted by Gasteiger charge is 2.23. The normalized spacial score (nSPS) is 13.9. The van der Waals surface area contributed by atoms with Crippen LogP contribution in [0.2, 0.25) is 0 Å². The Balaban J connectivity index is 3.93. The van der Waals surface area contributed by atoms with Gasteiger partial charge in [0.1, 0.15) is 0 Å². The molecule has 60 valence electrons. The minimum absolute atomic E-state index is 0.00301. The molecule has 0 aromatic carbocycles. The Hall–Kier alpha value is 0.860. The van der Waals surface area contributed by atoms with Crippen molar-refractivity contribution in [3.05, 3.63) is 11.1 Å². The number of aliphatic hydroxyl groups excluding tert-OH is 1. The highest BCUT2D eigenvalue weighted by Crippen LogP contribution is 2.36. The van der Waals surface area contributed by atoms with Crippen molar-refractivity contribution in [1.82, 2.24) is 0 Å². The Kier molecular flexibility index (Phi) is 5.08.